The molecule has 1 aromatic rings. The lowest BCUT2D eigenvalue weighted by atomic mass is 10.0. The molecule has 102 valence electrons. The molecule has 0 saturated heterocycles. The van der Waals surface area contributed by atoms with Crippen molar-refractivity contribution in [2.24, 2.45) is 5.92 Å². The Morgan fingerprint density at radius 1 is 1.32 bits per heavy atom. The predicted octanol–water partition coefficient (Wildman–Crippen LogP) is 3.34. The Morgan fingerprint density at radius 3 is 2.68 bits per heavy atom. The topological polar surface area (TPSA) is 37.4 Å². The molecule has 0 N–H and O–H groups in total. The molecule has 0 fully saturated rings. The molecule has 1 unspecified atom stereocenters. The van der Waals surface area contributed by atoms with Crippen LogP contribution in [-0.4, -0.2) is 23.6 Å². The van der Waals surface area contributed by atoms with Crippen LogP contribution in [0.15, 0.2) is 18.2 Å². The molecule has 19 heavy (non-hydrogen) atoms. The van der Waals surface area contributed by atoms with E-state index >= 15 is 0 Å². The van der Waals surface area contributed by atoms with Crippen LogP contribution in [-0.2, 0) is 4.79 Å². The highest BCUT2D eigenvalue weighted by Gasteiger charge is 2.37. The number of nitrogens with zero attached hydrogens (tertiary/aromatic N) is 1. The van der Waals surface area contributed by atoms with E-state index in [1.165, 1.54) is 0 Å². The van der Waals surface area contributed by atoms with E-state index in [0.717, 1.165) is 29.4 Å². The molecule has 0 radical (unpaired) electrons. The highest BCUT2D eigenvalue weighted by Crippen LogP contribution is 2.33. The Morgan fingerprint density at radius 2 is 2.05 bits per heavy atom. The number of benzene rings is 1. The number of amides is 1. The first-order valence-electron chi connectivity index (χ1n) is 6.61. The summed E-state index contributed by atoms with van der Waals surface area (Å²) in [4.78, 5) is 25.8. The van der Waals surface area contributed by atoms with Gasteiger partial charge in [-0.25, -0.2) is 0 Å². The number of hydrogen-bond acceptors (Lipinski definition) is 2. The third kappa shape index (κ3) is 2.59. The van der Waals surface area contributed by atoms with Gasteiger partial charge >= 0.3 is 0 Å². The van der Waals surface area contributed by atoms with Gasteiger partial charge in [0.2, 0.25) is 0 Å². The van der Waals surface area contributed by atoms with Crippen molar-refractivity contribution >= 4 is 33.3 Å². The lowest BCUT2D eigenvalue weighted by Gasteiger charge is -2.23. The maximum absolute atomic E-state index is 12.1. The number of anilines is 1. The first-order chi connectivity index (χ1) is 9.10. The molecular weight excluding hydrogens is 306 g/mol. The van der Waals surface area contributed by atoms with Gasteiger partial charge in [0.15, 0.2) is 0 Å². The van der Waals surface area contributed by atoms with Crippen molar-refractivity contribution < 1.29 is 9.59 Å². The lowest BCUT2D eigenvalue weighted by molar-refractivity contribution is -0.114. The van der Waals surface area contributed by atoms with E-state index in [4.69, 9.17) is 0 Å². The summed E-state index contributed by atoms with van der Waals surface area (Å²) in [5, 5.41) is 0.847. The predicted molar refractivity (Wildman–Crippen MR) is 80.1 cm³/mol. The maximum atomic E-state index is 12.1. The van der Waals surface area contributed by atoms with Gasteiger partial charge in [-0.2, -0.15) is 0 Å². The SMILES string of the molecule is CCCC(CBr)CN1C(=O)C(=O)c2cccc(C)c21. The van der Waals surface area contributed by atoms with E-state index in [-0.39, 0.29) is 11.7 Å². The van der Waals surface area contributed by atoms with Gasteiger partial charge in [0.25, 0.3) is 11.7 Å². The fraction of sp³-hybridized carbons (Fsp3) is 0.467. The van der Waals surface area contributed by atoms with Gasteiger partial charge in [-0.15, -0.1) is 0 Å². The number of alkyl halides is 1. The average Bonchev–Trinajstić information content (AvgIpc) is 2.64. The van der Waals surface area contributed by atoms with Gasteiger partial charge in [-0.1, -0.05) is 41.4 Å². The first kappa shape index (κ1) is 14.3. The molecule has 1 aliphatic heterocycles. The minimum atomic E-state index is -0.383. The standard InChI is InChI=1S/C15H18BrNO2/c1-3-5-11(8-16)9-17-13-10(2)6-4-7-12(13)14(18)15(17)19/h4,6-7,11H,3,5,8-9H2,1-2H3. The highest BCUT2D eigenvalue weighted by molar-refractivity contribution is 9.09. The second-order valence-electron chi connectivity index (χ2n) is 5.02. The molecule has 0 aliphatic carbocycles. The van der Waals surface area contributed by atoms with E-state index in [1.54, 1.807) is 11.0 Å². The number of halogens is 1. The second-order valence-corrected chi connectivity index (χ2v) is 5.67. The summed E-state index contributed by atoms with van der Waals surface area (Å²) < 4.78 is 0. The van der Waals surface area contributed by atoms with Crippen molar-refractivity contribution in [2.75, 3.05) is 16.8 Å². The van der Waals surface area contributed by atoms with Crippen LogP contribution in [0.4, 0.5) is 5.69 Å². The van der Waals surface area contributed by atoms with Crippen LogP contribution >= 0.6 is 15.9 Å². The number of aryl methyl sites for hydroxylation is 1. The van der Waals surface area contributed by atoms with Crippen molar-refractivity contribution in [3.63, 3.8) is 0 Å². The zero-order valence-electron chi connectivity index (χ0n) is 11.3. The summed E-state index contributed by atoms with van der Waals surface area (Å²) in [6.45, 7) is 4.69. The molecule has 0 saturated carbocycles. The normalized spacial score (nSPS) is 15.8. The van der Waals surface area contributed by atoms with Gasteiger partial charge in [-0.3, -0.25) is 9.59 Å². The number of para-hydroxylation sites is 1. The molecule has 1 aliphatic rings. The van der Waals surface area contributed by atoms with Crippen LogP contribution in [0.5, 0.6) is 0 Å². The van der Waals surface area contributed by atoms with Gasteiger partial charge in [0, 0.05) is 11.9 Å². The highest BCUT2D eigenvalue weighted by atomic mass is 79.9. The lowest BCUT2D eigenvalue weighted by Crippen LogP contribution is -2.35. The molecule has 2 rings (SSSR count). The van der Waals surface area contributed by atoms with Crippen LogP contribution in [0.3, 0.4) is 0 Å². The van der Waals surface area contributed by atoms with Gasteiger partial charge in [0.1, 0.15) is 0 Å². The van der Waals surface area contributed by atoms with E-state index in [0.29, 0.717) is 18.0 Å². The van der Waals surface area contributed by atoms with Gasteiger partial charge in [-0.05, 0) is 30.9 Å². The van der Waals surface area contributed by atoms with Crippen LogP contribution in [0.25, 0.3) is 0 Å². The van der Waals surface area contributed by atoms with E-state index in [1.807, 2.05) is 19.1 Å². The zero-order valence-corrected chi connectivity index (χ0v) is 12.9. The number of carbonyl (C=O) groups excluding carboxylic acids is 2. The van der Waals surface area contributed by atoms with E-state index < -0.39 is 0 Å². The molecule has 0 bridgehead atoms. The fourth-order valence-corrected chi connectivity index (χ4v) is 3.13. The quantitative estimate of drug-likeness (QED) is 0.615. The first-order valence-corrected chi connectivity index (χ1v) is 7.74. The third-order valence-corrected chi connectivity index (χ3v) is 4.46. The third-order valence-electron chi connectivity index (χ3n) is 3.55. The minimum Gasteiger partial charge on any atom is -0.304 e. The van der Waals surface area contributed by atoms with E-state index in [9.17, 15) is 9.59 Å². The largest absolute Gasteiger partial charge is 0.304 e. The minimum absolute atomic E-state index is 0.372. The summed E-state index contributed by atoms with van der Waals surface area (Å²) in [7, 11) is 0. The van der Waals surface area contributed by atoms with Crippen molar-refractivity contribution in [1.82, 2.24) is 0 Å². The smallest absolute Gasteiger partial charge is 0.299 e. The Balaban J connectivity index is 2.32. The monoisotopic (exact) mass is 323 g/mol. The van der Waals surface area contributed by atoms with Crippen LogP contribution in [0.2, 0.25) is 0 Å². The number of hydrogen-bond donors (Lipinski definition) is 0. The molecule has 1 aromatic carbocycles. The molecule has 4 heteroatoms. The van der Waals surface area contributed by atoms with Crippen molar-refractivity contribution in [3.8, 4) is 0 Å². The van der Waals surface area contributed by atoms with Gasteiger partial charge in [0.05, 0.1) is 11.3 Å². The zero-order chi connectivity index (χ0) is 14.0. The van der Waals surface area contributed by atoms with E-state index in [2.05, 4.69) is 22.9 Å². The fourth-order valence-electron chi connectivity index (χ4n) is 2.60. The Bertz CT molecular complexity index is 513. The number of fused-ring (bicyclic) bond motifs is 1. The summed E-state index contributed by atoms with van der Waals surface area (Å²) in [5.41, 5.74) is 2.34. The molecule has 3 nitrogen and oxygen atoms in total. The van der Waals surface area contributed by atoms with Crippen molar-refractivity contribution in [2.45, 2.75) is 26.7 Å². The summed E-state index contributed by atoms with van der Waals surface area (Å²) in [5.74, 6) is -0.373. The second kappa shape index (κ2) is 5.87. The van der Waals surface area contributed by atoms with Gasteiger partial charge < -0.3 is 4.90 Å². The number of rotatable bonds is 5. The Hall–Kier alpha value is -1.16. The maximum Gasteiger partial charge on any atom is 0.299 e. The number of Topliss-reactive ketones (excluding diaryl/α,β-unsaturated/α-hetero) is 1. The molecule has 0 aromatic heterocycles. The molecule has 1 amide bonds. The van der Waals surface area contributed by atoms with Crippen LogP contribution < -0.4 is 4.90 Å². The number of carbonyl (C=O) groups is 2. The van der Waals surface area contributed by atoms with Crippen LogP contribution in [0, 0.1) is 12.8 Å². The summed E-state index contributed by atoms with van der Waals surface area (Å²) in [6, 6.07) is 5.52. The summed E-state index contributed by atoms with van der Waals surface area (Å²) >= 11 is 3.49. The molecule has 1 heterocycles. The van der Waals surface area contributed by atoms with Crippen molar-refractivity contribution in [3.05, 3.63) is 29.3 Å². The Labute approximate surface area is 122 Å². The van der Waals surface area contributed by atoms with Crippen LogP contribution in [0.1, 0.15) is 35.7 Å². The molecule has 0 spiro atoms. The summed E-state index contributed by atoms with van der Waals surface area (Å²) in [6.07, 6.45) is 2.12. The van der Waals surface area contributed by atoms with Crippen molar-refractivity contribution in [1.29, 1.82) is 0 Å². The average molecular weight is 324 g/mol. The molecular formula is C15H18BrNO2. The molecule has 1 atom stereocenters. The Kier molecular flexibility index (Phi) is 4.40. The number of ketones is 1.